The van der Waals surface area contributed by atoms with Crippen LogP contribution < -0.4 is 5.32 Å². The average molecular weight is 388 g/mol. The van der Waals surface area contributed by atoms with Gasteiger partial charge in [0.1, 0.15) is 11.4 Å². The normalized spacial score (nSPS) is 30.0. The molecule has 1 aromatic rings. The first-order valence-electron chi connectivity index (χ1n) is 7.10. The zero-order chi connectivity index (χ0) is 16.6. The van der Waals surface area contributed by atoms with Crippen LogP contribution in [0.2, 0.25) is 0 Å². The van der Waals surface area contributed by atoms with E-state index in [1.54, 1.807) is 12.1 Å². The van der Waals surface area contributed by atoms with Gasteiger partial charge in [-0.3, -0.25) is 4.79 Å². The van der Waals surface area contributed by atoms with Crippen LogP contribution in [0.25, 0.3) is 0 Å². The lowest BCUT2D eigenvalue weighted by molar-refractivity contribution is -0.212. The third-order valence-corrected chi connectivity index (χ3v) is 4.61. The van der Waals surface area contributed by atoms with Crippen LogP contribution in [0.3, 0.4) is 0 Å². The fourth-order valence-corrected chi connectivity index (χ4v) is 3.42. The molecule has 0 spiro atoms. The van der Waals surface area contributed by atoms with Gasteiger partial charge in [0.05, 0.1) is 13.2 Å². The molecule has 0 aliphatic carbocycles. The molecular weight excluding hydrogens is 373 g/mol. The van der Waals surface area contributed by atoms with Crippen molar-refractivity contribution in [3.8, 4) is 0 Å². The first kappa shape index (κ1) is 16.2. The highest BCUT2D eigenvalue weighted by Crippen LogP contribution is 2.42. The van der Waals surface area contributed by atoms with Crippen LogP contribution in [0.5, 0.6) is 0 Å². The van der Waals surface area contributed by atoms with Gasteiger partial charge in [0, 0.05) is 29.3 Å². The molecule has 1 aromatic carbocycles. The Morgan fingerprint density at radius 2 is 2.30 bits per heavy atom. The molecule has 3 rings (SSSR count). The van der Waals surface area contributed by atoms with E-state index < -0.39 is 29.7 Å². The Labute approximate surface area is 140 Å². The fourth-order valence-electron chi connectivity index (χ4n) is 3.06. The number of nitrogens with one attached hydrogen (secondary N) is 1. The van der Waals surface area contributed by atoms with E-state index in [2.05, 4.69) is 21.2 Å². The van der Waals surface area contributed by atoms with Gasteiger partial charge in [0.2, 0.25) is 6.29 Å². The second-order valence-corrected chi connectivity index (χ2v) is 6.52. The topological polar surface area (TPSA) is 73.9 Å². The van der Waals surface area contributed by atoms with E-state index in [1.807, 2.05) is 0 Å². The Morgan fingerprint density at radius 1 is 1.52 bits per heavy atom. The van der Waals surface area contributed by atoms with Crippen LogP contribution in [-0.2, 0) is 24.5 Å². The summed E-state index contributed by atoms with van der Waals surface area (Å²) < 4.78 is 30.8. The van der Waals surface area contributed by atoms with Crippen LogP contribution in [0.4, 0.5) is 9.18 Å². The number of halogens is 2. The summed E-state index contributed by atoms with van der Waals surface area (Å²) in [6, 6.07) is 4.52. The minimum Gasteiger partial charge on any atom is -0.449 e. The first-order valence-corrected chi connectivity index (χ1v) is 7.89. The molecule has 2 heterocycles. The monoisotopic (exact) mass is 387 g/mol. The molecule has 2 fully saturated rings. The van der Waals surface area contributed by atoms with E-state index in [4.69, 9.17) is 14.2 Å². The lowest BCUT2D eigenvalue weighted by Gasteiger charge is -2.48. The molecule has 2 saturated heterocycles. The lowest BCUT2D eigenvalue weighted by atomic mass is 9.74. The molecule has 0 radical (unpaired) electrons. The molecular formula is C15H15BrFNO5. The molecule has 6 nitrogen and oxygen atoms in total. The highest BCUT2D eigenvalue weighted by molar-refractivity contribution is 9.10. The van der Waals surface area contributed by atoms with Crippen molar-refractivity contribution in [3.63, 3.8) is 0 Å². The van der Waals surface area contributed by atoms with E-state index in [-0.39, 0.29) is 19.1 Å². The molecule has 124 valence electrons. The Morgan fingerprint density at radius 3 is 3.04 bits per heavy atom. The molecule has 2 aliphatic heterocycles. The van der Waals surface area contributed by atoms with E-state index in [1.165, 1.54) is 13.0 Å². The number of esters is 1. The summed E-state index contributed by atoms with van der Waals surface area (Å²) in [4.78, 5) is 22.8. The van der Waals surface area contributed by atoms with Crippen LogP contribution in [0.15, 0.2) is 22.7 Å². The summed E-state index contributed by atoms with van der Waals surface area (Å²) in [6.45, 7) is 1.37. The van der Waals surface area contributed by atoms with Gasteiger partial charge in [-0.25, -0.2) is 9.18 Å². The van der Waals surface area contributed by atoms with E-state index in [0.717, 1.165) is 0 Å². The van der Waals surface area contributed by atoms with E-state index in [0.29, 0.717) is 16.5 Å². The van der Waals surface area contributed by atoms with Gasteiger partial charge in [-0.1, -0.05) is 15.9 Å². The maximum atomic E-state index is 14.4. The second kappa shape index (κ2) is 6.09. The zero-order valence-corrected chi connectivity index (χ0v) is 13.9. The molecule has 1 amide bonds. The van der Waals surface area contributed by atoms with Crippen molar-refractivity contribution in [1.82, 2.24) is 5.32 Å². The molecule has 1 unspecified atom stereocenters. The number of fused-ring (bicyclic) bond motifs is 1. The van der Waals surface area contributed by atoms with Crippen molar-refractivity contribution in [2.45, 2.75) is 25.2 Å². The molecule has 8 heteroatoms. The maximum absolute atomic E-state index is 14.4. The molecule has 0 aromatic heterocycles. The minimum atomic E-state index is -1.06. The standard InChI is InChI=1S/C15H15BrFNO5/c1-8(19)23-13-4-9-6-21-14(20)18-15(9,7-22-13)11-5-10(16)2-3-12(11)17/h2-3,5,9,13H,4,6-7H2,1H3,(H,18,20)/t9?,13-,15+/m1/s1. The van der Waals surface area contributed by atoms with E-state index >= 15 is 0 Å². The number of ether oxygens (including phenoxy) is 3. The molecule has 3 atom stereocenters. The molecule has 0 saturated carbocycles. The predicted molar refractivity (Wildman–Crippen MR) is 79.9 cm³/mol. The molecule has 0 bridgehead atoms. The molecule has 1 N–H and O–H groups in total. The Hall–Kier alpha value is -1.67. The van der Waals surface area contributed by atoms with Gasteiger partial charge in [0.15, 0.2) is 0 Å². The van der Waals surface area contributed by atoms with Crippen molar-refractivity contribution in [2.24, 2.45) is 5.92 Å². The van der Waals surface area contributed by atoms with Gasteiger partial charge in [-0.15, -0.1) is 0 Å². The third kappa shape index (κ3) is 3.05. The third-order valence-electron chi connectivity index (χ3n) is 4.12. The Kier molecular flexibility index (Phi) is 4.29. The summed E-state index contributed by atoms with van der Waals surface area (Å²) in [5.41, 5.74) is -0.741. The zero-order valence-electron chi connectivity index (χ0n) is 12.3. The minimum absolute atomic E-state index is 0.0158. The first-order chi connectivity index (χ1) is 10.9. The summed E-state index contributed by atoms with van der Waals surface area (Å²) in [7, 11) is 0. The number of carbonyl (C=O) groups is 2. The van der Waals surface area contributed by atoms with Crippen molar-refractivity contribution in [2.75, 3.05) is 13.2 Å². The average Bonchev–Trinajstić information content (AvgIpc) is 2.49. The van der Waals surface area contributed by atoms with Crippen molar-refractivity contribution in [3.05, 3.63) is 34.1 Å². The number of amides is 1. The summed E-state index contributed by atoms with van der Waals surface area (Å²) in [5.74, 6) is -1.20. The lowest BCUT2D eigenvalue weighted by Crippen LogP contribution is -2.63. The van der Waals surface area contributed by atoms with Gasteiger partial charge in [-0.2, -0.15) is 0 Å². The van der Waals surface area contributed by atoms with Crippen LogP contribution in [0.1, 0.15) is 18.9 Å². The van der Waals surface area contributed by atoms with E-state index in [9.17, 15) is 14.0 Å². The van der Waals surface area contributed by atoms with Crippen molar-refractivity contribution < 1.29 is 28.2 Å². The van der Waals surface area contributed by atoms with Crippen LogP contribution >= 0.6 is 15.9 Å². The van der Waals surface area contributed by atoms with Gasteiger partial charge < -0.3 is 19.5 Å². The highest BCUT2D eigenvalue weighted by atomic mass is 79.9. The maximum Gasteiger partial charge on any atom is 0.407 e. The SMILES string of the molecule is CC(=O)O[C@@H]1CC2COC(=O)N[C@@]2(c2cc(Br)ccc2F)CO1. The number of alkyl carbamates (subject to hydrolysis) is 1. The van der Waals surface area contributed by atoms with Gasteiger partial charge in [0.25, 0.3) is 0 Å². The largest absolute Gasteiger partial charge is 0.449 e. The Bertz CT molecular complexity index is 655. The number of carbonyl (C=O) groups excluding carboxylic acids is 2. The number of benzene rings is 1. The summed E-state index contributed by atoms with van der Waals surface area (Å²) >= 11 is 3.32. The predicted octanol–water partition coefficient (Wildman–Crippen LogP) is 2.45. The van der Waals surface area contributed by atoms with Crippen molar-refractivity contribution >= 4 is 28.0 Å². The highest BCUT2D eigenvalue weighted by Gasteiger charge is 2.52. The van der Waals surface area contributed by atoms with Gasteiger partial charge >= 0.3 is 12.1 Å². The van der Waals surface area contributed by atoms with Gasteiger partial charge in [-0.05, 0) is 18.2 Å². The fraction of sp³-hybridized carbons (Fsp3) is 0.467. The van der Waals surface area contributed by atoms with Crippen LogP contribution in [-0.4, -0.2) is 31.6 Å². The second-order valence-electron chi connectivity index (χ2n) is 5.60. The number of cyclic esters (lactones) is 1. The molecule has 2 aliphatic rings. The summed E-state index contributed by atoms with van der Waals surface area (Å²) in [5, 5.41) is 2.70. The number of rotatable bonds is 2. The quantitative estimate of drug-likeness (QED) is 0.788. The summed E-state index contributed by atoms with van der Waals surface area (Å²) in [6.07, 6.45) is -1.07. The number of hydrogen-bond acceptors (Lipinski definition) is 5. The molecule has 23 heavy (non-hydrogen) atoms. The van der Waals surface area contributed by atoms with Crippen molar-refractivity contribution in [1.29, 1.82) is 0 Å². The Balaban J connectivity index is 1.97. The number of hydrogen-bond donors (Lipinski definition) is 1. The van der Waals surface area contributed by atoms with Crippen LogP contribution in [0, 0.1) is 11.7 Å². The smallest absolute Gasteiger partial charge is 0.407 e.